The van der Waals surface area contributed by atoms with E-state index < -0.39 is 0 Å². The molecule has 1 N–H and O–H groups in total. The molecule has 0 saturated heterocycles. The number of hydrogen-bond acceptors (Lipinski definition) is 4. The largest absolute Gasteiger partial charge is 0.311 e. The van der Waals surface area contributed by atoms with Gasteiger partial charge in [0.1, 0.15) is 5.82 Å². The van der Waals surface area contributed by atoms with E-state index >= 15 is 0 Å². The lowest BCUT2D eigenvalue weighted by atomic mass is 10.2. The molecule has 0 atom stereocenters. The molecule has 0 spiro atoms. The number of anilines is 1. The van der Waals surface area contributed by atoms with Gasteiger partial charge in [-0.2, -0.15) is 10.2 Å². The summed E-state index contributed by atoms with van der Waals surface area (Å²) in [7, 11) is 0. The highest BCUT2D eigenvalue weighted by atomic mass is 16.1. The summed E-state index contributed by atoms with van der Waals surface area (Å²) >= 11 is 0. The molecule has 0 aliphatic rings. The molecule has 7 nitrogen and oxygen atoms in total. The van der Waals surface area contributed by atoms with Crippen LogP contribution in [-0.2, 0) is 17.9 Å². The molecular weight excluding hydrogens is 366 g/mol. The van der Waals surface area contributed by atoms with Crippen molar-refractivity contribution >= 4 is 22.6 Å². The predicted octanol–water partition coefficient (Wildman–Crippen LogP) is 2.98. The van der Waals surface area contributed by atoms with Crippen LogP contribution in [0.2, 0.25) is 0 Å². The van der Waals surface area contributed by atoms with Crippen molar-refractivity contribution in [2.24, 2.45) is 0 Å². The highest BCUT2D eigenvalue weighted by Crippen LogP contribution is 2.14. The fourth-order valence-electron chi connectivity index (χ4n) is 3.27. The lowest BCUT2D eigenvalue weighted by Gasteiger charge is -2.11. The van der Waals surface area contributed by atoms with E-state index in [1.165, 1.54) is 6.20 Å². The van der Waals surface area contributed by atoms with E-state index in [1.54, 1.807) is 15.4 Å². The fourth-order valence-corrected chi connectivity index (χ4v) is 3.27. The summed E-state index contributed by atoms with van der Waals surface area (Å²) in [5, 5.41) is 12.2. The molecule has 29 heavy (non-hydrogen) atoms. The van der Waals surface area contributed by atoms with Crippen LogP contribution >= 0.6 is 0 Å². The van der Waals surface area contributed by atoms with Gasteiger partial charge in [-0.25, -0.2) is 4.68 Å². The number of nitrogens with zero attached hydrogens (tertiary/aromatic N) is 4. The molecule has 146 valence electrons. The van der Waals surface area contributed by atoms with Crippen molar-refractivity contribution in [1.29, 1.82) is 0 Å². The van der Waals surface area contributed by atoms with Crippen molar-refractivity contribution in [2.75, 3.05) is 5.32 Å². The van der Waals surface area contributed by atoms with Crippen LogP contribution in [-0.4, -0.2) is 25.5 Å². The first-order valence-electron chi connectivity index (χ1n) is 9.43. The Labute approximate surface area is 167 Å². The standard InChI is InChI=1S/C22H21N5O2/c1-16-13-21(27(25-16)15-17-7-3-2-4-8-17)24-22(29)11-12-26-19-10-6-5-9-18(19)20(28)14-23-26/h2-10,13-14H,11-12,15H2,1H3,(H,24,29). The quantitative estimate of drug-likeness (QED) is 0.551. The van der Waals surface area contributed by atoms with Crippen LogP contribution in [0.5, 0.6) is 0 Å². The zero-order chi connectivity index (χ0) is 20.2. The number of hydrogen-bond donors (Lipinski definition) is 1. The van der Waals surface area contributed by atoms with Gasteiger partial charge in [0, 0.05) is 17.9 Å². The summed E-state index contributed by atoms with van der Waals surface area (Å²) in [6.45, 7) is 2.85. The van der Waals surface area contributed by atoms with Gasteiger partial charge < -0.3 is 5.32 Å². The van der Waals surface area contributed by atoms with Crippen LogP contribution in [0.3, 0.4) is 0 Å². The number of fused-ring (bicyclic) bond motifs is 1. The van der Waals surface area contributed by atoms with Crippen molar-refractivity contribution in [3.05, 3.63) is 88.3 Å². The van der Waals surface area contributed by atoms with Gasteiger partial charge in [-0.1, -0.05) is 42.5 Å². The molecule has 0 aliphatic heterocycles. The van der Waals surface area contributed by atoms with Crippen molar-refractivity contribution in [3.8, 4) is 0 Å². The number of carbonyl (C=O) groups excluding carboxylic acids is 1. The smallest absolute Gasteiger partial charge is 0.227 e. The topological polar surface area (TPSA) is 81.8 Å². The molecule has 0 unspecified atom stereocenters. The average molecular weight is 387 g/mol. The van der Waals surface area contributed by atoms with Gasteiger partial charge in [0.05, 0.1) is 30.5 Å². The van der Waals surface area contributed by atoms with Crippen molar-refractivity contribution < 1.29 is 4.79 Å². The predicted molar refractivity (Wildman–Crippen MR) is 112 cm³/mol. The summed E-state index contributed by atoms with van der Waals surface area (Å²) in [6.07, 6.45) is 1.52. The number of para-hydroxylation sites is 1. The van der Waals surface area contributed by atoms with E-state index in [-0.39, 0.29) is 17.8 Å². The van der Waals surface area contributed by atoms with Gasteiger partial charge in [0.15, 0.2) is 0 Å². The van der Waals surface area contributed by atoms with E-state index in [2.05, 4.69) is 15.5 Å². The Kier molecular flexibility index (Phi) is 5.20. The molecule has 7 heteroatoms. The second-order valence-corrected chi connectivity index (χ2v) is 6.86. The summed E-state index contributed by atoms with van der Waals surface area (Å²) in [4.78, 5) is 24.5. The molecule has 4 rings (SSSR count). The maximum absolute atomic E-state index is 12.5. The van der Waals surface area contributed by atoms with Crippen LogP contribution in [0.15, 0.2) is 71.7 Å². The third-order valence-corrected chi connectivity index (χ3v) is 4.66. The molecule has 1 amide bonds. The van der Waals surface area contributed by atoms with Gasteiger partial charge in [-0.05, 0) is 24.6 Å². The van der Waals surface area contributed by atoms with E-state index in [9.17, 15) is 9.59 Å². The Morgan fingerprint density at radius 2 is 1.79 bits per heavy atom. The van der Waals surface area contributed by atoms with Crippen LogP contribution in [0.25, 0.3) is 10.9 Å². The van der Waals surface area contributed by atoms with Gasteiger partial charge in [-0.15, -0.1) is 0 Å². The first-order chi connectivity index (χ1) is 14.1. The zero-order valence-electron chi connectivity index (χ0n) is 16.1. The number of nitrogens with one attached hydrogen (secondary N) is 1. The molecule has 0 aliphatic carbocycles. The van der Waals surface area contributed by atoms with E-state index in [4.69, 9.17) is 0 Å². The molecule has 2 heterocycles. The first kappa shape index (κ1) is 18.6. The summed E-state index contributed by atoms with van der Waals surface area (Å²) in [5.74, 6) is 0.526. The summed E-state index contributed by atoms with van der Waals surface area (Å²) in [5.41, 5.74) is 2.54. The Balaban J connectivity index is 1.46. The van der Waals surface area contributed by atoms with Crippen molar-refractivity contribution in [3.63, 3.8) is 0 Å². The molecule has 4 aromatic rings. The number of benzene rings is 2. The average Bonchev–Trinajstić information content (AvgIpc) is 3.07. The third-order valence-electron chi connectivity index (χ3n) is 4.66. The molecule has 0 saturated carbocycles. The molecule has 2 aromatic carbocycles. The Morgan fingerprint density at radius 1 is 1.03 bits per heavy atom. The molecule has 0 bridgehead atoms. The maximum Gasteiger partial charge on any atom is 0.227 e. The molecule has 0 fully saturated rings. The minimum absolute atomic E-state index is 0.124. The van der Waals surface area contributed by atoms with Crippen LogP contribution < -0.4 is 10.7 Å². The van der Waals surface area contributed by atoms with Gasteiger partial charge in [-0.3, -0.25) is 14.3 Å². The van der Waals surface area contributed by atoms with Crippen LogP contribution in [0.4, 0.5) is 5.82 Å². The van der Waals surface area contributed by atoms with Gasteiger partial charge in [0.25, 0.3) is 0 Å². The highest BCUT2D eigenvalue weighted by molar-refractivity contribution is 5.90. The van der Waals surface area contributed by atoms with Crippen molar-refractivity contribution in [1.82, 2.24) is 19.6 Å². The van der Waals surface area contributed by atoms with Crippen LogP contribution in [0, 0.1) is 6.92 Å². The van der Waals surface area contributed by atoms with E-state index in [0.717, 1.165) is 16.8 Å². The van der Waals surface area contributed by atoms with E-state index in [0.29, 0.717) is 24.3 Å². The Hall–Kier alpha value is -3.74. The van der Waals surface area contributed by atoms with Gasteiger partial charge in [0.2, 0.25) is 11.3 Å². The molecule has 2 aromatic heterocycles. The lowest BCUT2D eigenvalue weighted by Crippen LogP contribution is -2.19. The maximum atomic E-state index is 12.5. The van der Waals surface area contributed by atoms with Crippen LogP contribution in [0.1, 0.15) is 17.7 Å². The SMILES string of the molecule is Cc1cc(NC(=O)CCn2ncc(=O)c3ccccc32)n(Cc2ccccc2)n1. The summed E-state index contributed by atoms with van der Waals surface area (Å²) in [6, 6.07) is 19.1. The fraction of sp³-hybridized carbons (Fsp3) is 0.182. The number of aryl methyl sites for hydroxylation is 2. The molecular formula is C22H21N5O2. The second-order valence-electron chi connectivity index (χ2n) is 6.86. The minimum atomic E-state index is -0.135. The number of amides is 1. The monoisotopic (exact) mass is 387 g/mol. The minimum Gasteiger partial charge on any atom is -0.311 e. The number of rotatable bonds is 6. The third kappa shape index (κ3) is 4.24. The van der Waals surface area contributed by atoms with E-state index in [1.807, 2.05) is 61.5 Å². The van der Waals surface area contributed by atoms with Crippen molar-refractivity contribution in [2.45, 2.75) is 26.4 Å². The number of carbonyl (C=O) groups is 1. The normalized spacial score (nSPS) is 10.9. The van der Waals surface area contributed by atoms with Gasteiger partial charge >= 0.3 is 0 Å². The molecule has 0 radical (unpaired) electrons. The Bertz CT molecular complexity index is 1210. The zero-order valence-corrected chi connectivity index (χ0v) is 16.1. The highest BCUT2D eigenvalue weighted by Gasteiger charge is 2.11. The number of aromatic nitrogens is 4. The first-order valence-corrected chi connectivity index (χ1v) is 9.43. The lowest BCUT2D eigenvalue weighted by molar-refractivity contribution is -0.116. The summed E-state index contributed by atoms with van der Waals surface area (Å²) < 4.78 is 3.47. The Morgan fingerprint density at radius 3 is 2.62 bits per heavy atom. The second kappa shape index (κ2) is 8.10.